The third kappa shape index (κ3) is 5.72. The van der Waals surface area contributed by atoms with Gasteiger partial charge in [-0.3, -0.25) is 30.2 Å². The Morgan fingerprint density at radius 3 is 2.48 bits per heavy atom. The summed E-state index contributed by atoms with van der Waals surface area (Å²) in [4.78, 5) is 28.8. The average molecular weight is 453 g/mol. The van der Waals surface area contributed by atoms with Gasteiger partial charge in [0.25, 0.3) is 10.0 Å². The number of sulfonamides is 1. The molecule has 29 heavy (non-hydrogen) atoms. The highest BCUT2D eigenvalue weighted by molar-refractivity contribution is 8.00. The molecule has 0 radical (unpaired) electrons. The van der Waals surface area contributed by atoms with Gasteiger partial charge in [-0.05, 0) is 36.4 Å². The van der Waals surface area contributed by atoms with Crippen LogP contribution in [0.25, 0.3) is 0 Å². The molecule has 152 valence electrons. The van der Waals surface area contributed by atoms with Crippen LogP contribution in [0.1, 0.15) is 12.0 Å². The Balaban J connectivity index is 1.42. The van der Waals surface area contributed by atoms with Crippen molar-refractivity contribution in [3.05, 3.63) is 59.1 Å². The second kappa shape index (κ2) is 9.29. The maximum absolute atomic E-state index is 12.0. The minimum absolute atomic E-state index is 0.0159. The first-order chi connectivity index (χ1) is 13.8. The number of hydrogen-bond donors (Lipinski definition) is 3. The normalized spacial score (nSPS) is 15.4. The molecule has 8 nitrogen and oxygen atoms in total. The fraction of sp³-hybridized carbons (Fsp3) is 0.167. The zero-order valence-electron chi connectivity index (χ0n) is 15.0. The minimum atomic E-state index is -3.61. The topological polar surface area (TPSA) is 117 Å². The fourth-order valence-electron chi connectivity index (χ4n) is 2.44. The molecule has 2 aromatic carbocycles. The summed E-state index contributed by atoms with van der Waals surface area (Å²) in [6.07, 6.45) is -0.0159. The standard InChI is InChI=1S/C18H17ClN4O4S2/c19-12-5-7-13(8-6-12)28-11-17(25)22-21-16(24)9-10-20-18-14-3-1-2-4-15(14)29(26,27)23-18/h1-8H,9-11H2,(H,20,23)(H,21,24)(H,22,25). The number of hydrogen-bond acceptors (Lipinski definition) is 6. The predicted octanol–water partition coefficient (Wildman–Crippen LogP) is 1.71. The average Bonchev–Trinajstić information content (AvgIpc) is 2.96. The lowest BCUT2D eigenvalue weighted by atomic mass is 10.2. The van der Waals surface area contributed by atoms with Gasteiger partial charge in [0.1, 0.15) is 5.84 Å². The quantitative estimate of drug-likeness (QED) is 0.455. The number of nitrogens with one attached hydrogen (secondary N) is 3. The molecule has 1 aliphatic rings. The number of amides is 2. The van der Waals surface area contributed by atoms with Crippen molar-refractivity contribution in [3.8, 4) is 0 Å². The molecule has 3 rings (SSSR count). The van der Waals surface area contributed by atoms with Gasteiger partial charge in [0, 0.05) is 21.9 Å². The lowest BCUT2D eigenvalue weighted by molar-refractivity contribution is -0.127. The van der Waals surface area contributed by atoms with Crippen molar-refractivity contribution in [2.24, 2.45) is 4.99 Å². The molecule has 0 saturated heterocycles. The third-order valence-electron chi connectivity index (χ3n) is 3.80. The van der Waals surface area contributed by atoms with Gasteiger partial charge in [0.05, 0.1) is 17.2 Å². The first-order valence-electron chi connectivity index (χ1n) is 8.48. The van der Waals surface area contributed by atoms with E-state index in [9.17, 15) is 18.0 Å². The van der Waals surface area contributed by atoms with E-state index in [-0.39, 0.29) is 35.4 Å². The highest BCUT2D eigenvalue weighted by Gasteiger charge is 2.29. The van der Waals surface area contributed by atoms with E-state index in [1.807, 2.05) is 0 Å². The molecule has 11 heteroatoms. The van der Waals surface area contributed by atoms with Gasteiger partial charge in [0.2, 0.25) is 11.8 Å². The van der Waals surface area contributed by atoms with Crippen molar-refractivity contribution in [2.75, 3.05) is 12.3 Å². The molecule has 2 aromatic rings. The number of carbonyl (C=O) groups excluding carboxylic acids is 2. The predicted molar refractivity (Wildman–Crippen MR) is 111 cm³/mol. The van der Waals surface area contributed by atoms with Crippen molar-refractivity contribution < 1.29 is 18.0 Å². The largest absolute Gasteiger partial charge is 0.273 e. The van der Waals surface area contributed by atoms with Crippen molar-refractivity contribution in [3.63, 3.8) is 0 Å². The SMILES string of the molecule is O=C(CCN=C1NS(=O)(=O)c2ccccc21)NNC(=O)CSc1ccc(Cl)cc1. The van der Waals surface area contributed by atoms with Crippen LogP contribution in [-0.2, 0) is 19.6 Å². The summed E-state index contributed by atoms with van der Waals surface area (Å²) in [5.41, 5.74) is 5.11. The van der Waals surface area contributed by atoms with Crippen LogP contribution in [0.5, 0.6) is 0 Å². The number of rotatable bonds is 6. The van der Waals surface area contributed by atoms with Gasteiger partial charge in [0.15, 0.2) is 0 Å². The van der Waals surface area contributed by atoms with Crippen LogP contribution < -0.4 is 15.6 Å². The highest BCUT2D eigenvalue weighted by atomic mass is 35.5. The van der Waals surface area contributed by atoms with E-state index in [4.69, 9.17) is 11.6 Å². The molecule has 2 amide bonds. The minimum Gasteiger partial charge on any atom is -0.273 e. The van der Waals surface area contributed by atoms with Crippen molar-refractivity contribution in [2.45, 2.75) is 16.2 Å². The number of fused-ring (bicyclic) bond motifs is 1. The molecular weight excluding hydrogens is 436 g/mol. The van der Waals surface area contributed by atoms with Crippen LogP contribution in [0.15, 0.2) is 63.3 Å². The van der Waals surface area contributed by atoms with Gasteiger partial charge < -0.3 is 0 Å². The number of thioether (sulfide) groups is 1. The van der Waals surface area contributed by atoms with Crippen molar-refractivity contribution >= 4 is 51.0 Å². The lowest BCUT2D eigenvalue weighted by Gasteiger charge is -2.07. The van der Waals surface area contributed by atoms with Crippen LogP contribution in [0.4, 0.5) is 0 Å². The van der Waals surface area contributed by atoms with E-state index in [0.717, 1.165) is 4.90 Å². The number of aliphatic imine (C=N–C) groups is 1. The van der Waals surface area contributed by atoms with Crippen LogP contribution in [0, 0.1) is 0 Å². The summed E-state index contributed by atoms with van der Waals surface area (Å²) >= 11 is 7.11. The lowest BCUT2D eigenvalue weighted by Crippen LogP contribution is -2.42. The van der Waals surface area contributed by atoms with Crippen molar-refractivity contribution in [1.29, 1.82) is 0 Å². The summed E-state index contributed by atoms with van der Waals surface area (Å²) in [6, 6.07) is 13.5. The number of hydrazine groups is 1. The molecule has 0 saturated carbocycles. The molecule has 0 aromatic heterocycles. The first-order valence-corrected chi connectivity index (χ1v) is 11.3. The van der Waals surface area contributed by atoms with Gasteiger partial charge in [-0.1, -0.05) is 23.7 Å². The number of halogens is 1. The molecule has 0 spiro atoms. The Bertz CT molecular complexity index is 1060. The van der Waals surface area contributed by atoms with Crippen molar-refractivity contribution in [1.82, 2.24) is 15.6 Å². The molecular formula is C18H17ClN4O4S2. The van der Waals surface area contributed by atoms with E-state index >= 15 is 0 Å². The molecule has 0 unspecified atom stereocenters. The van der Waals surface area contributed by atoms with E-state index in [0.29, 0.717) is 10.6 Å². The number of carbonyl (C=O) groups is 2. The Labute approximate surface area is 177 Å². The monoisotopic (exact) mass is 452 g/mol. The maximum Gasteiger partial charge on any atom is 0.263 e. The third-order valence-corrected chi connectivity index (χ3v) is 6.46. The summed E-state index contributed by atoms with van der Waals surface area (Å²) in [6.45, 7) is 0.0629. The Hall–Kier alpha value is -2.56. The Morgan fingerprint density at radius 2 is 1.72 bits per heavy atom. The van der Waals surface area contributed by atoms with E-state index in [1.165, 1.54) is 17.8 Å². The first kappa shape index (κ1) is 21.2. The number of amidine groups is 1. The highest BCUT2D eigenvalue weighted by Crippen LogP contribution is 2.22. The molecule has 0 aliphatic carbocycles. The Kier molecular flexibility index (Phi) is 6.78. The fourth-order valence-corrected chi connectivity index (χ4v) is 4.51. The van der Waals surface area contributed by atoms with Gasteiger partial charge in [-0.25, -0.2) is 8.42 Å². The van der Waals surface area contributed by atoms with E-state index in [1.54, 1.807) is 42.5 Å². The summed E-state index contributed by atoms with van der Waals surface area (Å²) < 4.78 is 26.3. The summed E-state index contributed by atoms with van der Waals surface area (Å²) in [5, 5.41) is 0.614. The van der Waals surface area contributed by atoms with E-state index in [2.05, 4.69) is 20.6 Å². The van der Waals surface area contributed by atoms with Crippen LogP contribution in [-0.4, -0.2) is 38.4 Å². The zero-order chi connectivity index (χ0) is 20.9. The van der Waals surface area contributed by atoms with Crippen LogP contribution in [0.2, 0.25) is 5.02 Å². The van der Waals surface area contributed by atoms with Gasteiger partial charge >= 0.3 is 0 Å². The maximum atomic E-state index is 12.0. The molecule has 1 heterocycles. The zero-order valence-corrected chi connectivity index (χ0v) is 17.4. The smallest absolute Gasteiger partial charge is 0.263 e. The molecule has 0 bridgehead atoms. The molecule has 1 aliphatic heterocycles. The number of benzene rings is 2. The Morgan fingerprint density at radius 1 is 1.03 bits per heavy atom. The van der Waals surface area contributed by atoms with Crippen LogP contribution >= 0.6 is 23.4 Å². The van der Waals surface area contributed by atoms with E-state index < -0.39 is 15.9 Å². The molecule has 3 N–H and O–H groups in total. The number of nitrogens with zero attached hydrogens (tertiary/aromatic N) is 1. The second-order valence-electron chi connectivity index (χ2n) is 5.92. The molecule has 0 atom stereocenters. The summed E-state index contributed by atoms with van der Waals surface area (Å²) in [7, 11) is -3.61. The second-order valence-corrected chi connectivity index (χ2v) is 9.06. The van der Waals surface area contributed by atoms with Gasteiger partial charge in [-0.15, -0.1) is 11.8 Å². The van der Waals surface area contributed by atoms with Gasteiger partial charge in [-0.2, -0.15) is 0 Å². The summed E-state index contributed by atoms with van der Waals surface area (Å²) in [5.74, 6) is -0.463. The molecule has 0 fully saturated rings. The van der Waals surface area contributed by atoms with Crippen LogP contribution in [0.3, 0.4) is 0 Å².